The second-order valence-electron chi connectivity index (χ2n) is 3.41. The van der Waals surface area contributed by atoms with Gasteiger partial charge in [0.1, 0.15) is 15.1 Å². The van der Waals surface area contributed by atoms with Gasteiger partial charge >= 0.3 is 0 Å². The summed E-state index contributed by atoms with van der Waals surface area (Å²) < 4.78 is 0.694. The summed E-state index contributed by atoms with van der Waals surface area (Å²) in [5.74, 6) is 0.278. The summed E-state index contributed by atoms with van der Waals surface area (Å²) in [6.07, 6.45) is 1.65. The molecular formula is C11H11ClN2OS. The number of thiazole rings is 1. The van der Waals surface area contributed by atoms with E-state index in [0.717, 1.165) is 16.3 Å². The number of aryl methyl sites for hydroxylation is 1. The summed E-state index contributed by atoms with van der Waals surface area (Å²) in [5.41, 5.74) is 1.99. The van der Waals surface area contributed by atoms with E-state index in [4.69, 9.17) is 11.6 Å². The number of phenols is 1. The van der Waals surface area contributed by atoms with E-state index in [1.807, 2.05) is 13.0 Å². The van der Waals surface area contributed by atoms with Crippen molar-refractivity contribution in [3.63, 3.8) is 0 Å². The minimum absolute atomic E-state index is 0.278. The number of aromatic hydroxyl groups is 1. The van der Waals surface area contributed by atoms with Gasteiger partial charge in [-0.05, 0) is 30.7 Å². The lowest BCUT2D eigenvalue weighted by Gasteiger charge is -2.07. The molecule has 2 rings (SSSR count). The van der Waals surface area contributed by atoms with Crippen LogP contribution in [0, 0.1) is 6.92 Å². The van der Waals surface area contributed by atoms with Crippen LogP contribution in [0.5, 0.6) is 5.75 Å². The molecule has 3 nitrogen and oxygen atoms in total. The van der Waals surface area contributed by atoms with E-state index in [2.05, 4.69) is 10.3 Å². The number of rotatable bonds is 3. The first-order valence-electron chi connectivity index (χ1n) is 4.79. The van der Waals surface area contributed by atoms with Crippen LogP contribution in [0.1, 0.15) is 10.6 Å². The first-order valence-corrected chi connectivity index (χ1v) is 5.98. The van der Waals surface area contributed by atoms with Crippen LogP contribution < -0.4 is 5.32 Å². The Balaban J connectivity index is 2.04. The van der Waals surface area contributed by atoms with Crippen molar-refractivity contribution < 1.29 is 5.11 Å². The summed E-state index contributed by atoms with van der Waals surface area (Å²) in [7, 11) is 0. The molecule has 0 bridgehead atoms. The smallest absolute Gasteiger partial charge is 0.115 e. The van der Waals surface area contributed by atoms with E-state index >= 15 is 0 Å². The predicted octanol–water partition coefficient (Wildman–Crippen LogP) is 3.42. The molecule has 16 heavy (non-hydrogen) atoms. The number of anilines is 1. The third-order valence-electron chi connectivity index (χ3n) is 2.17. The molecule has 1 aromatic carbocycles. The highest BCUT2D eigenvalue weighted by atomic mass is 35.5. The number of hydrogen-bond acceptors (Lipinski definition) is 4. The molecule has 0 aliphatic rings. The molecular weight excluding hydrogens is 244 g/mol. The minimum atomic E-state index is 0.278. The van der Waals surface area contributed by atoms with Gasteiger partial charge in [0, 0.05) is 5.69 Å². The quantitative estimate of drug-likeness (QED) is 0.825. The second-order valence-corrected chi connectivity index (χ2v) is 5.16. The molecule has 1 heterocycles. The summed E-state index contributed by atoms with van der Waals surface area (Å²) >= 11 is 7.25. The third kappa shape index (κ3) is 2.65. The van der Waals surface area contributed by atoms with Crippen LogP contribution in [-0.4, -0.2) is 10.1 Å². The SMILES string of the molecule is Cc1cc(O)ccc1NCc1ncc(Cl)s1. The molecule has 5 heteroatoms. The summed E-state index contributed by atoms with van der Waals surface area (Å²) in [6.45, 7) is 2.58. The molecule has 0 aliphatic carbocycles. The Hall–Kier alpha value is -1.26. The van der Waals surface area contributed by atoms with Crippen LogP contribution in [0.4, 0.5) is 5.69 Å². The van der Waals surface area contributed by atoms with Gasteiger partial charge in [-0.25, -0.2) is 4.98 Å². The number of nitrogens with one attached hydrogen (secondary N) is 1. The molecule has 0 aliphatic heterocycles. The largest absolute Gasteiger partial charge is 0.508 e. The monoisotopic (exact) mass is 254 g/mol. The van der Waals surface area contributed by atoms with E-state index in [-0.39, 0.29) is 5.75 Å². The zero-order chi connectivity index (χ0) is 11.5. The highest BCUT2D eigenvalue weighted by Crippen LogP contribution is 2.22. The van der Waals surface area contributed by atoms with Gasteiger partial charge in [0.25, 0.3) is 0 Å². The number of benzene rings is 1. The lowest BCUT2D eigenvalue weighted by atomic mass is 10.2. The minimum Gasteiger partial charge on any atom is -0.508 e. The van der Waals surface area contributed by atoms with Crippen molar-refractivity contribution in [3.8, 4) is 5.75 Å². The average molecular weight is 255 g/mol. The molecule has 0 atom stereocenters. The Morgan fingerprint density at radius 3 is 2.94 bits per heavy atom. The molecule has 1 aromatic heterocycles. The predicted molar refractivity (Wildman–Crippen MR) is 67.3 cm³/mol. The Bertz CT molecular complexity index is 498. The van der Waals surface area contributed by atoms with E-state index in [9.17, 15) is 5.11 Å². The van der Waals surface area contributed by atoms with Crippen LogP contribution >= 0.6 is 22.9 Å². The molecule has 0 saturated heterocycles. The molecule has 0 saturated carbocycles. The second kappa shape index (κ2) is 4.72. The van der Waals surface area contributed by atoms with Crippen LogP contribution in [0.3, 0.4) is 0 Å². The Labute approximate surface area is 103 Å². The Morgan fingerprint density at radius 1 is 1.50 bits per heavy atom. The third-order valence-corrected chi connectivity index (χ3v) is 3.28. The van der Waals surface area contributed by atoms with Crippen LogP contribution in [0.2, 0.25) is 4.34 Å². The van der Waals surface area contributed by atoms with Crippen molar-refractivity contribution in [2.24, 2.45) is 0 Å². The van der Waals surface area contributed by atoms with Crippen molar-refractivity contribution in [1.29, 1.82) is 0 Å². The number of hydrogen-bond donors (Lipinski definition) is 2. The number of phenolic OH excluding ortho intramolecular Hbond substituents is 1. The number of halogens is 1. The number of aromatic nitrogens is 1. The van der Waals surface area contributed by atoms with Gasteiger partial charge in [-0.2, -0.15) is 0 Å². The van der Waals surface area contributed by atoms with Gasteiger partial charge in [0.2, 0.25) is 0 Å². The highest BCUT2D eigenvalue weighted by Gasteiger charge is 2.02. The average Bonchev–Trinajstić information content (AvgIpc) is 2.63. The summed E-state index contributed by atoms with van der Waals surface area (Å²) in [5, 5.41) is 13.5. The topological polar surface area (TPSA) is 45.1 Å². The maximum atomic E-state index is 9.27. The lowest BCUT2D eigenvalue weighted by molar-refractivity contribution is 0.475. The molecule has 84 valence electrons. The van der Waals surface area contributed by atoms with Crippen LogP contribution in [-0.2, 0) is 6.54 Å². The standard InChI is InChI=1S/C11H11ClN2OS/c1-7-4-8(15)2-3-9(7)13-6-11-14-5-10(12)16-11/h2-5,13,15H,6H2,1H3. The van der Waals surface area contributed by atoms with E-state index in [1.165, 1.54) is 11.3 Å². The zero-order valence-corrected chi connectivity index (χ0v) is 10.3. The van der Waals surface area contributed by atoms with E-state index in [1.54, 1.807) is 18.3 Å². The van der Waals surface area contributed by atoms with Gasteiger partial charge in [0.05, 0.1) is 12.7 Å². The Morgan fingerprint density at radius 2 is 2.31 bits per heavy atom. The first-order chi connectivity index (χ1) is 7.65. The van der Waals surface area contributed by atoms with Crippen molar-refractivity contribution in [1.82, 2.24) is 4.98 Å². The van der Waals surface area contributed by atoms with Gasteiger partial charge in [-0.3, -0.25) is 0 Å². The van der Waals surface area contributed by atoms with E-state index < -0.39 is 0 Å². The van der Waals surface area contributed by atoms with Crippen molar-refractivity contribution in [2.75, 3.05) is 5.32 Å². The normalized spacial score (nSPS) is 10.4. The number of nitrogens with zero attached hydrogens (tertiary/aromatic N) is 1. The molecule has 0 fully saturated rings. The molecule has 0 radical (unpaired) electrons. The van der Waals surface area contributed by atoms with Crippen molar-refractivity contribution >= 4 is 28.6 Å². The molecule has 0 amide bonds. The zero-order valence-electron chi connectivity index (χ0n) is 8.70. The van der Waals surface area contributed by atoms with Crippen molar-refractivity contribution in [3.05, 3.63) is 39.3 Å². The fourth-order valence-electron chi connectivity index (χ4n) is 1.39. The molecule has 2 aromatic rings. The van der Waals surface area contributed by atoms with Crippen LogP contribution in [0.15, 0.2) is 24.4 Å². The maximum Gasteiger partial charge on any atom is 0.115 e. The van der Waals surface area contributed by atoms with Gasteiger partial charge in [-0.15, -0.1) is 11.3 Å². The van der Waals surface area contributed by atoms with Crippen LogP contribution in [0.25, 0.3) is 0 Å². The summed E-state index contributed by atoms with van der Waals surface area (Å²) in [6, 6.07) is 5.22. The first kappa shape index (κ1) is 11.2. The van der Waals surface area contributed by atoms with Gasteiger partial charge in [0.15, 0.2) is 0 Å². The fourth-order valence-corrected chi connectivity index (χ4v) is 2.28. The Kier molecular flexibility index (Phi) is 3.31. The van der Waals surface area contributed by atoms with E-state index in [0.29, 0.717) is 10.9 Å². The molecule has 2 N–H and O–H groups in total. The van der Waals surface area contributed by atoms with Crippen molar-refractivity contribution in [2.45, 2.75) is 13.5 Å². The summed E-state index contributed by atoms with van der Waals surface area (Å²) in [4.78, 5) is 4.15. The van der Waals surface area contributed by atoms with Gasteiger partial charge in [-0.1, -0.05) is 11.6 Å². The fraction of sp³-hybridized carbons (Fsp3) is 0.182. The maximum absolute atomic E-state index is 9.27. The lowest BCUT2D eigenvalue weighted by Crippen LogP contribution is -2.00. The highest BCUT2D eigenvalue weighted by molar-refractivity contribution is 7.15. The van der Waals surface area contributed by atoms with Gasteiger partial charge < -0.3 is 10.4 Å². The molecule has 0 unspecified atom stereocenters. The molecule has 0 spiro atoms.